The maximum atomic E-state index is 5.16. The van der Waals surface area contributed by atoms with Crippen molar-refractivity contribution in [3.63, 3.8) is 0 Å². The van der Waals surface area contributed by atoms with Gasteiger partial charge in [0, 0.05) is 18.5 Å². The van der Waals surface area contributed by atoms with Crippen molar-refractivity contribution in [2.45, 2.75) is 19.9 Å². The Labute approximate surface area is 64.0 Å². The summed E-state index contributed by atoms with van der Waals surface area (Å²) < 4.78 is 0.816. The fourth-order valence-corrected chi connectivity index (χ4v) is 0.382. The van der Waals surface area contributed by atoms with Gasteiger partial charge in [-0.1, -0.05) is 0 Å². The Kier molecular flexibility index (Phi) is 4.40. The predicted octanol–water partition coefficient (Wildman–Crippen LogP) is 1.66. The molecule has 0 aromatic heterocycles. The fraction of sp³-hybridized carbons (Fsp3) is 0.500. The molecule has 0 bridgehead atoms. The zero-order chi connectivity index (χ0) is 7.28. The normalized spacial score (nSPS) is 13.6. The van der Waals surface area contributed by atoms with Crippen LogP contribution in [0.3, 0.4) is 0 Å². The molecule has 0 aromatic rings. The van der Waals surface area contributed by atoms with E-state index >= 15 is 0 Å². The zero-order valence-electron chi connectivity index (χ0n) is 5.63. The van der Waals surface area contributed by atoms with Crippen molar-refractivity contribution in [2.75, 3.05) is 0 Å². The van der Waals surface area contributed by atoms with E-state index in [0.29, 0.717) is 6.04 Å². The van der Waals surface area contributed by atoms with E-state index < -0.39 is 0 Å². The Bertz CT molecular complexity index is 127. The van der Waals surface area contributed by atoms with Gasteiger partial charge in [-0.05, 0) is 29.8 Å². The van der Waals surface area contributed by atoms with Crippen LogP contribution in [0.5, 0.6) is 0 Å². The lowest BCUT2D eigenvalue weighted by atomic mass is 10.4. The van der Waals surface area contributed by atoms with Crippen molar-refractivity contribution in [2.24, 2.45) is 10.7 Å². The first kappa shape index (κ1) is 8.69. The highest BCUT2D eigenvalue weighted by Crippen LogP contribution is 1.98. The van der Waals surface area contributed by atoms with Crippen LogP contribution in [0.25, 0.3) is 0 Å². The standard InChI is InChI=1S/C6H11BrN2/c1-5(2)9-4-6(7)3-8/h3-5H,8H2,1-2H3. The number of nitrogens with two attached hydrogens (primary N) is 1. The van der Waals surface area contributed by atoms with E-state index in [4.69, 9.17) is 5.73 Å². The van der Waals surface area contributed by atoms with Crippen molar-refractivity contribution in [1.29, 1.82) is 0 Å². The number of halogens is 1. The van der Waals surface area contributed by atoms with Crippen LogP contribution in [-0.4, -0.2) is 12.3 Å². The van der Waals surface area contributed by atoms with Crippen LogP contribution in [0.2, 0.25) is 0 Å². The summed E-state index contributed by atoms with van der Waals surface area (Å²) in [5, 5.41) is 0. The van der Waals surface area contributed by atoms with Gasteiger partial charge in [-0.3, -0.25) is 4.99 Å². The van der Waals surface area contributed by atoms with E-state index in [0.717, 1.165) is 4.48 Å². The summed E-state index contributed by atoms with van der Waals surface area (Å²) in [4.78, 5) is 4.08. The Morgan fingerprint density at radius 3 is 2.56 bits per heavy atom. The summed E-state index contributed by atoms with van der Waals surface area (Å²) in [7, 11) is 0. The molecule has 0 amide bonds. The van der Waals surface area contributed by atoms with E-state index in [-0.39, 0.29) is 0 Å². The van der Waals surface area contributed by atoms with Crippen LogP contribution in [0.1, 0.15) is 13.8 Å². The molecule has 0 aliphatic rings. The molecule has 0 aromatic carbocycles. The number of nitrogens with zero attached hydrogens (tertiary/aromatic N) is 1. The maximum Gasteiger partial charge on any atom is 0.0508 e. The SMILES string of the molecule is CC(C)N=CC(Br)=CN. The van der Waals surface area contributed by atoms with Crippen LogP contribution in [0.4, 0.5) is 0 Å². The van der Waals surface area contributed by atoms with E-state index in [1.54, 1.807) is 6.21 Å². The van der Waals surface area contributed by atoms with Crippen LogP contribution < -0.4 is 5.73 Å². The molecule has 0 unspecified atom stereocenters. The number of hydrogen-bond acceptors (Lipinski definition) is 2. The summed E-state index contributed by atoms with van der Waals surface area (Å²) in [6.45, 7) is 4.01. The highest BCUT2D eigenvalue weighted by molar-refractivity contribution is 9.12. The van der Waals surface area contributed by atoms with Gasteiger partial charge < -0.3 is 5.73 Å². The van der Waals surface area contributed by atoms with E-state index in [9.17, 15) is 0 Å². The molecule has 0 radical (unpaired) electrons. The van der Waals surface area contributed by atoms with Gasteiger partial charge in [0.05, 0.1) is 4.48 Å². The lowest BCUT2D eigenvalue weighted by Crippen LogP contribution is -1.90. The monoisotopic (exact) mass is 190 g/mol. The predicted molar refractivity (Wildman–Crippen MR) is 44.8 cm³/mol. The average molecular weight is 191 g/mol. The van der Waals surface area contributed by atoms with Crippen molar-refractivity contribution in [3.05, 3.63) is 10.7 Å². The molecule has 2 N–H and O–H groups in total. The summed E-state index contributed by atoms with van der Waals surface area (Å²) in [5.74, 6) is 0. The van der Waals surface area contributed by atoms with Crippen LogP contribution in [-0.2, 0) is 0 Å². The topological polar surface area (TPSA) is 38.4 Å². The van der Waals surface area contributed by atoms with E-state index in [1.165, 1.54) is 6.20 Å². The summed E-state index contributed by atoms with van der Waals surface area (Å²) in [5.41, 5.74) is 5.16. The quantitative estimate of drug-likeness (QED) is 0.662. The molecule has 3 heteroatoms. The van der Waals surface area contributed by atoms with Gasteiger partial charge in [-0.15, -0.1) is 0 Å². The van der Waals surface area contributed by atoms with Gasteiger partial charge in [-0.2, -0.15) is 0 Å². The molecular weight excluding hydrogens is 180 g/mol. The number of allylic oxidation sites excluding steroid dienone is 1. The van der Waals surface area contributed by atoms with Crippen molar-refractivity contribution in [3.8, 4) is 0 Å². The first-order valence-corrected chi connectivity index (χ1v) is 3.56. The molecule has 0 fully saturated rings. The minimum absolute atomic E-state index is 0.331. The molecule has 0 atom stereocenters. The molecule has 0 heterocycles. The summed E-state index contributed by atoms with van der Waals surface area (Å²) >= 11 is 3.19. The minimum Gasteiger partial charge on any atom is -0.404 e. The third-order valence-electron chi connectivity index (χ3n) is 0.655. The van der Waals surface area contributed by atoms with Crippen molar-refractivity contribution in [1.82, 2.24) is 0 Å². The molecule has 2 nitrogen and oxygen atoms in total. The fourth-order valence-electron chi connectivity index (χ4n) is 0.263. The Morgan fingerprint density at radius 1 is 1.67 bits per heavy atom. The highest BCUT2D eigenvalue weighted by atomic mass is 79.9. The lowest BCUT2D eigenvalue weighted by Gasteiger charge is -1.91. The van der Waals surface area contributed by atoms with Gasteiger partial charge in [-0.25, -0.2) is 0 Å². The van der Waals surface area contributed by atoms with Crippen molar-refractivity contribution < 1.29 is 0 Å². The second-order valence-corrected chi connectivity index (χ2v) is 2.84. The number of hydrogen-bond donors (Lipinski definition) is 1. The van der Waals surface area contributed by atoms with Crippen LogP contribution >= 0.6 is 15.9 Å². The van der Waals surface area contributed by atoms with Crippen molar-refractivity contribution >= 4 is 22.1 Å². The Morgan fingerprint density at radius 2 is 2.22 bits per heavy atom. The molecule has 0 aliphatic heterocycles. The number of aliphatic imine (C=N–C) groups is 1. The lowest BCUT2D eigenvalue weighted by molar-refractivity contribution is 0.841. The summed E-state index contributed by atoms with van der Waals surface area (Å²) in [6.07, 6.45) is 3.16. The van der Waals surface area contributed by atoms with Gasteiger partial charge in [0.25, 0.3) is 0 Å². The third kappa shape index (κ3) is 5.56. The third-order valence-corrected chi connectivity index (χ3v) is 1.12. The molecule has 9 heavy (non-hydrogen) atoms. The van der Waals surface area contributed by atoms with Gasteiger partial charge in [0.2, 0.25) is 0 Å². The zero-order valence-corrected chi connectivity index (χ0v) is 7.22. The van der Waals surface area contributed by atoms with Crippen LogP contribution in [0.15, 0.2) is 15.7 Å². The second-order valence-electron chi connectivity index (χ2n) is 1.92. The molecule has 0 saturated heterocycles. The number of rotatable bonds is 2. The molecule has 0 spiro atoms. The second kappa shape index (κ2) is 4.56. The smallest absolute Gasteiger partial charge is 0.0508 e. The van der Waals surface area contributed by atoms with Crippen LogP contribution in [0, 0.1) is 0 Å². The molecule has 52 valence electrons. The maximum absolute atomic E-state index is 5.16. The first-order valence-electron chi connectivity index (χ1n) is 2.77. The van der Waals surface area contributed by atoms with E-state index in [1.807, 2.05) is 13.8 Å². The Balaban J connectivity index is 3.71. The molecule has 0 rings (SSSR count). The minimum atomic E-state index is 0.331. The average Bonchev–Trinajstić information content (AvgIpc) is 1.83. The molecule has 0 aliphatic carbocycles. The Hall–Kier alpha value is -0.310. The highest BCUT2D eigenvalue weighted by Gasteiger charge is 1.84. The van der Waals surface area contributed by atoms with Gasteiger partial charge in [0.15, 0.2) is 0 Å². The first-order chi connectivity index (χ1) is 4.16. The summed E-state index contributed by atoms with van der Waals surface area (Å²) in [6, 6.07) is 0.331. The molecular formula is C6H11BrN2. The largest absolute Gasteiger partial charge is 0.404 e. The van der Waals surface area contributed by atoms with Gasteiger partial charge in [0.1, 0.15) is 0 Å². The molecule has 0 saturated carbocycles. The van der Waals surface area contributed by atoms with Gasteiger partial charge >= 0.3 is 0 Å². The van der Waals surface area contributed by atoms with E-state index in [2.05, 4.69) is 20.9 Å².